The maximum absolute atomic E-state index is 9.91. The summed E-state index contributed by atoms with van der Waals surface area (Å²) in [7, 11) is 0. The third-order valence-corrected chi connectivity index (χ3v) is 5.30. The minimum absolute atomic E-state index is 0. The molecule has 6 aromatic carbocycles. The molecule has 0 amide bonds. The van der Waals surface area contributed by atoms with Gasteiger partial charge in [0.25, 0.3) is 0 Å². The van der Waals surface area contributed by atoms with E-state index < -0.39 is 0 Å². The van der Waals surface area contributed by atoms with Crippen LogP contribution in [0.1, 0.15) is 22.3 Å². The molecule has 0 atom stereocenters. The molecule has 3 heteroatoms. The summed E-state index contributed by atoms with van der Waals surface area (Å²) in [6.45, 7) is 0. The summed E-state index contributed by atoms with van der Waals surface area (Å²) in [5, 5.41) is 19.8. The van der Waals surface area contributed by atoms with Crippen LogP contribution in [0, 0.1) is 0 Å². The molecular weight excluding hydrogens is 552 g/mol. The van der Waals surface area contributed by atoms with Crippen LogP contribution in [-0.4, -0.2) is 11.4 Å². The van der Waals surface area contributed by atoms with Crippen molar-refractivity contribution < 1.29 is 26.2 Å². The number of nitrogens with zero attached hydrogens (tertiary/aromatic N) is 2. The molecule has 0 bridgehead atoms. The molecule has 0 aliphatic heterocycles. The van der Waals surface area contributed by atoms with Crippen LogP contribution in [0.3, 0.4) is 0 Å². The SMILES string of the molecule is [N-]=C(c1ccccc1)c1ccccc1.[N-]=C(c1ccccc1)c1ccccc1.[Zr].c1cc[cH-]c1.c1cc[cH-]c1. The topological polar surface area (TPSA) is 44.6 Å². The number of hydrogen-bond donors (Lipinski definition) is 0. The zero-order valence-electron chi connectivity index (χ0n) is 21.7. The molecule has 0 spiro atoms. The summed E-state index contributed by atoms with van der Waals surface area (Å²) in [4.78, 5) is 0. The molecule has 0 saturated heterocycles. The number of hydrogen-bond acceptors (Lipinski definition) is 0. The monoisotopic (exact) mass is 580 g/mol. The van der Waals surface area contributed by atoms with Crippen molar-refractivity contribution in [1.29, 1.82) is 0 Å². The molecule has 2 nitrogen and oxygen atoms in total. The van der Waals surface area contributed by atoms with Gasteiger partial charge >= 0.3 is 0 Å². The van der Waals surface area contributed by atoms with Crippen LogP contribution in [0.15, 0.2) is 182 Å². The third-order valence-electron chi connectivity index (χ3n) is 5.30. The van der Waals surface area contributed by atoms with Gasteiger partial charge in [0.1, 0.15) is 0 Å². The Morgan fingerprint density at radius 2 is 0.538 bits per heavy atom. The Kier molecular flexibility index (Phi) is 15.1. The molecule has 0 N–H and O–H groups in total. The second-order valence-corrected chi connectivity index (χ2v) is 8.09. The van der Waals surface area contributed by atoms with Crippen molar-refractivity contribution >= 4 is 11.4 Å². The van der Waals surface area contributed by atoms with Gasteiger partial charge in [0.2, 0.25) is 0 Å². The Balaban J connectivity index is 0.000000199. The molecule has 0 aromatic heterocycles. The van der Waals surface area contributed by atoms with E-state index in [0.29, 0.717) is 11.4 Å². The van der Waals surface area contributed by atoms with E-state index >= 15 is 0 Å². The Hall–Kier alpha value is -4.20. The van der Waals surface area contributed by atoms with Gasteiger partial charge in [-0.15, -0.1) is 11.4 Å². The van der Waals surface area contributed by atoms with Gasteiger partial charge in [0.05, 0.1) is 0 Å². The predicted octanol–water partition coefficient (Wildman–Crippen LogP) is 9.00. The Morgan fingerprint density at radius 3 is 0.692 bits per heavy atom. The van der Waals surface area contributed by atoms with Crippen LogP contribution < -0.4 is 0 Å². The quantitative estimate of drug-likeness (QED) is 0.147. The van der Waals surface area contributed by atoms with Crippen LogP contribution in [0.25, 0.3) is 10.8 Å². The average molecular weight is 582 g/mol. The largest absolute Gasteiger partial charge is 0.803 e. The molecule has 0 aliphatic carbocycles. The molecule has 0 heterocycles. The van der Waals surface area contributed by atoms with Crippen LogP contribution >= 0.6 is 0 Å². The van der Waals surface area contributed by atoms with Crippen LogP contribution in [-0.2, 0) is 26.2 Å². The maximum atomic E-state index is 9.91. The molecule has 0 fully saturated rings. The number of rotatable bonds is 4. The first-order valence-corrected chi connectivity index (χ1v) is 12.4. The molecule has 0 unspecified atom stereocenters. The number of benzene rings is 4. The summed E-state index contributed by atoms with van der Waals surface area (Å²) in [5.74, 6) is 0. The van der Waals surface area contributed by atoms with E-state index in [-0.39, 0.29) is 26.2 Å². The van der Waals surface area contributed by atoms with Gasteiger partial charge in [0, 0.05) is 26.2 Å². The molecule has 0 saturated carbocycles. The normalized spacial score (nSPS) is 9.03. The Labute approximate surface area is 251 Å². The minimum atomic E-state index is 0. The van der Waals surface area contributed by atoms with Crippen LogP contribution in [0.4, 0.5) is 0 Å². The smallest absolute Gasteiger partial charge is 0 e. The van der Waals surface area contributed by atoms with E-state index in [9.17, 15) is 10.8 Å². The fourth-order valence-corrected chi connectivity index (χ4v) is 3.36. The molecular formula is C36H30N2Zr-4. The molecule has 6 rings (SSSR count). The van der Waals surface area contributed by atoms with E-state index in [1.807, 2.05) is 182 Å². The van der Waals surface area contributed by atoms with Gasteiger partial charge in [-0.25, -0.2) is 24.3 Å². The van der Waals surface area contributed by atoms with E-state index in [1.54, 1.807) is 0 Å². The first-order valence-electron chi connectivity index (χ1n) is 12.4. The van der Waals surface area contributed by atoms with Crippen LogP contribution in [0.5, 0.6) is 0 Å². The minimum Gasteiger partial charge on any atom is -0.803 e. The fourth-order valence-electron chi connectivity index (χ4n) is 3.36. The standard InChI is InChI=1S/2C13H10N.2C5H5.Zr/c2*14-13(11-7-3-1-4-8-11)12-9-5-2-6-10-12;2*1-2-4-5-3-1;/h2*1-10H;2*1-5H;/q4*-1;. The zero-order chi connectivity index (χ0) is 26.7. The summed E-state index contributed by atoms with van der Waals surface area (Å²) >= 11 is 0. The molecule has 0 aliphatic rings. The summed E-state index contributed by atoms with van der Waals surface area (Å²) in [6, 6.07) is 58.1. The predicted molar refractivity (Wildman–Crippen MR) is 163 cm³/mol. The van der Waals surface area contributed by atoms with E-state index in [0.717, 1.165) is 22.3 Å². The molecule has 0 radical (unpaired) electrons. The van der Waals surface area contributed by atoms with Gasteiger partial charge in [-0.05, 0) is 22.3 Å². The average Bonchev–Trinajstić information content (AvgIpc) is 3.79. The second kappa shape index (κ2) is 19.0. The molecule has 192 valence electrons. The van der Waals surface area contributed by atoms with E-state index in [4.69, 9.17) is 0 Å². The maximum Gasteiger partial charge on any atom is 0 e. The Bertz CT molecular complexity index is 1160. The summed E-state index contributed by atoms with van der Waals surface area (Å²) in [5.41, 5.74) is 4.03. The summed E-state index contributed by atoms with van der Waals surface area (Å²) < 4.78 is 0. The van der Waals surface area contributed by atoms with Crippen molar-refractivity contribution in [2.24, 2.45) is 0 Å². The van der Waals surface area contributed by atoms with Crippen molar-refractivity contribution in [2.45, 2.75) is 0 Å². The Morgan fingerprint density at radius 1 is 0.333 bits per heavy atom. The van der Waals surface area contributed by atoms with Crippen molar-refractivity contribution in [3.05, 3.63) is 215 Å². The first kappa shape index (κ1) is 31.0. The van der Waals surface area contributed by atoms with Crippen molar-refractivity contribution in [1.82, 2.24) is 0 Å². The third kappa shape index (κ3) is 11.8. The second-order valence-electron chi connectivity index (χ2n) is 8.09. The fraction of sp³-hybridized carbons (Fsp3) is 0. The van der Waals surface area contributed by atoms with E-state index in [2.05, 4.69) is 0 Å². The van der Waals surface area contributed by atoms with Gasteiger partial charge in [-0.2, -0.15) is 36.4 Å². The summed E-state index contributed by atoms with van der Waals surface area (Å²) in [6.07, 6.45) is 0. The van der Waals surface area contributed by atoms with Crippen molar-refractivity contribution in [3.8, 4) is 0 Å². The van der Waals surface area contributed by atoms with Crippen molar-refractivity contribution in [2.75, 3.05) is 0 Å². The van der Waals surface area contributed by atoms with Crippen LogP contribution in [0.2, 0.25) is 0 Å². The van der Waals surface area contributed by atoms with E-state index in [1.165, 1.54) is 0 Å². The zero-order valence-corrected chi connectivity index (χ0v) is 24.2. The van der Waals surface area contributed by atoms with Gasteiger partial charge < -0.3 is 10.8 Å². The van der Waals surface area contributed by atoms with Gasteiger partial charge in [-0.3, -0.25) is 0 Å². The first-order chi connectivity index (χ1) is 18.8. The molecule has 39 heavy (non-hydrogen) atoms. The van der Waals surface area contributed by atoms with Gasteiger partial charge in [0.15, 0.2) is 0 Å². The van der Waals surface area contributed by atoms with Crippen molar-refractivity contribution in [3.63, 3.8) is 0 Å². The van der Waals surface area contributed by atoms with Gasteiger partial charge in [-0.1, -0.05) is 121 Å². The molecule has 6 aromatic rings.